The fourth-order valence-electron chi connectivity index (χ4n) is 2.35. The third kappa shape index (κ3) is 2.79. The van der Waals surface area contributed by atoms with E-state index in [1.54, 1.807) is 11.0 Å². The van der Waals surface area contributed by atoms with E-state index in [1.165, 1.54) is 20.8 Å². The Kier molecular flexibility index (Phi) is 3.74. The van der Waals surface area contributed by atoms with Crippen LogP contribution in [0, 0.1) is 0 Å². The Morgan fingerprint density at radius 3 is 2.05 bits per heavy atom. The maximum absolute atomic E-state index is 11.6. The van der Waals surface area contributed by atoms with Crippen molar-refractivity contribution in [2.24, 2.45) is 0 Å². The van der Waals surface area contributed by atoms with Gasteiger partial charge >= 0.3 is 0 Å². The molecule has 6 heteroatoms. The van der Waals surface area contributed by atoms with Crippen LogP contribution in [0.15, 0.2) is 12.1 Å². The second-order valence-corrected chi connectivity index (χ2v) is 4.81. The van der Waals surface area contributed by atoms with E-state index >= 15 is 0 Å². The molecule has 1 aromatic rings. The molecule has 106 valence electrons. The smallest absolute Gasteiger partial charge is 0.223 e. The zero-order chi connectivity index (χ0) is 14.9. The molecule has 0 spiro atoms. The third-order valence-corrected chi connectivity index (χ3v) is 3.12. The van der Waals surface area contributed by atoms with Crippen molar-refractivity contribution >= 4 is 34.8 Å². The topological polar surface area (TPSA) is 78.5 Å². The van der Waals surface area contributed by atoms with E-state index in [1.807, 2.05) is 6.07 Å². The second kappa shape index (κ2) is 5.32. The first-order chi connectivity index (χ1) is 9.38. The molecule has 0 atom stereocenters. The van der Waals surface area contributed by atoms with Crippen molar-refractivity contribution in [3.63, 3.8) is 0 Å². The van der Waals surface area contributed by atoms with Gasteiger partial charge in [-0.3, -0.25) is 14.4 Å². The van der Waals surface area contributed by atoms with Crippen LogP contribution in [0.2, 0.25) is 0 Å². The number of nitrogens with zero attached hydrogens (tertiary/aromatic N) is 1. The molecule has 0 bridgehead atoms. The fraction of sp³-hybridized carbons (Fsp3) is 0.357. The summed E-state index contributed by atoms with van der Waals surface area (Å²) in [6.07, 6.45) is 0.738. The largest absolute Gasteiger partial charge is 0.325 e. The van der Waals surface area contributed by atoms with Gasteiger partial charge in [-0.1, -0.05) is 0 Å². The third-order valence-electron chi connectivity index (χ3n) is 3.12. The van der Waals surface area contributed by atoms with E-state index in [9.17, 15) is 14.4 Å². The highest BCUT2D eigenvalue weighted by Crippen LogP contribution is 2.36. The normalized spacial score (nSPS) is 12.8. The summed E-state index contributed by atoms with van der Waals surface area (Å²) in [6, 6.07) is 3.54. The van der Waals surface area contributed by atoms with Gasteiger partial charge in [-0.2, -0.15) is 0 Å². The molecular weight excluding hydrogens is 258 g/mol. The van der Waals surface area contributed by atoms with Crippen LogP contribution in [0.1, 0.15) is 26.3 Å². The Labute approximate surface area is 117 Å². The monoisotopic (exact) mass is 275 g/mol. The Hall–Kier alpha value is -2.37. The quantitative estimate of drug-likeness (QED) is 0.858. The van der Waals surface area contributed by atoms with Gasteiger partial charge in [0.05, 0.1) is 11.4 Å². The molecule has 0 aliphatic carbocycles. The Morgan fingerprint density at radius 1 is 1.00 bits per heavy atom. The lowest BCUT2D eigenvalue weighted by molar-refractivity contribution is -0.116. The predicted molar refractivity (Wildman–Crippen MR) is 76.8 cm³/mol. The van der Waals surface area contributed by atoms with E-state index in [0.717, 1.165) is 17.7 Å². The van der Waals surface area contributed by atoms with E-state index in [-0.39, 0.29) is 17.7 Å². The molecule has 6 nitrogen and oxygen atoms in total. The molecule has 1 aliphatic rings. The molecule has 0 saturated heterocycles. The molecule has 0 radical (unpaired) electrons. The lowest BCUT2D eigenvalue weighted by Gasteiger charge is -2.18. The van der Waals surface area contributed by atoms with Gasteiger partial charge in [-0.05, 0) is 24.1 Å². The molecule has 1 aliphatic heterocycles. The van der Waals surface area contributed by atoms with Crippen molar-refractivity contribution in [2.45, 2.75) is 27.2 Å². The van der Waals surface area contributed by atoms with Gasteiger partial charge in [0.15, 0.2) is 0 Å². The van der Waals surface area contributed by atoms with Crippen molar-refractivity contribution in [1.82, 2.24) is 0 Å². The zero-order valence-corrected chi connectivity index (χ0v) is 11.7. The van der Waals surface area contributed by atoms with Crippen LogP contribution in [-0.4, -0.2) is 24.3 Å². The summed E-state index contributed by atoms with van der Waals surface area (Å²) in [5.41, 5.74) is 2.82. The first-order valence-corrected chi connectivity index (χ1v) is 6.38. The average Bonchev–Trinajstić information content (AvgIpc) is 2.70. The van der Waals surface area contributed by atoms with Gasteiger partial charge < -0.3 is 15.5 Å². The molecule has 0 aromatic heterocycles. The molecule has 0 saturated carbocycles. The van der Waals surface area contributed by atoms with E-state index in [2.05, 4.69) is 10.6 Å². The van der Waals surface area contributed by atoms with E-state index < -0.39 is 0 Å². The Balaban J connectivity index is 2.47. The zero-order valence-electron chi connectivity index (χ0n) is 11.7. The van der Waals surface area contributed by atoms with Crippen LogP contribution in [0.5, 0.6) is 0 Å². The van der Waals surface area contributed by atoms with Crippen molar-refractivity contribution in [3.05, 3.63) is 17.7 Å². The number of hydrogen-bond donors (Lipinski definition) is 2. The number of fused-ring (bicyclic) bond motifs is 1. The number of nitrogens with one attached hydrogen (secondary N) is 2. The standard InChI is InChI=1S/C14H17N3O3/c1-8(18)15-12-6-11-4-5-17(10(3)20)14(11)7-13(12)16-9(2)19/h6-7H,4-5H2,1-3H3,(H,15,18)(H,16,19). The van der Waals surface area contributed by atoms with Gasteiger partial charge in [0, 0.05) is 33.0 Å². The second-order valence-electron chi connectivity index (χ2n) is 4.81. The number of rotatable bonds is 2. The molecule has 2 N–H and O–H groups in total. The van der Waals surface area contributed by atoms with Crippen LogP contribution < -0.4 is 15.5 Å². The highest BCUT2D eigenvalue weighted by atomic mass is 16.2. The molecule has 1 heterocycles. The number of amides is 3. The fourth-order valence-corrected chi connectivity index (χ4v) is 2.35. The van der Waals surface area contributed by atoms with Gasteiger partial charge in [-0.25, -0.2) is 0 Å². The van der Waals surface area contributed by atoms with Crippen molar-refractivity contribution in [2.75, 3.05) is 22.1 Å². The lowest BCUT2D eigenvalue weighted by Crippen LogP contribution is -2.25. The molecule has 3 amide bonds. The summed E-state index contributed by atoms with van der Waals surface area (Å²) in [6.45, 7) is 4.93. The maximum Gasteiger partial charge on any atom is 0.223 e. The summed E-state index contributed by atoms with van der Waals surface area (Å²) >= 11 is 0. The van der Waals surface area contributed by atoms with Gasteiger partial charge in [0.25, 0.3) is 0 Å². The highest BCUT2D eigenvalue weighted by Gasteiger charge is 2.24. The van der Waals surface area contributed by atoms with Crippen LogP contribution in [-0.2, 0) is 20.8 Å². The van der Waals surface area contributed by atoms with Crippen molar-refractivity contribution in [3.8, 4) is 0 Å². The highest BCUT2D eigenvalue weighted by molar-refractivity contribution is 6.02. The minimum Gasteiger partial charge on any atom is -0.325 e. The Bertz CT molecular complexity index is 596. The van der Waals surface area contributed by atoms with E-state index in [4.69, 9.17) is 0 Å². The lowest BCUT2D eigenvalue weighted by atomic mass is 10.1. The maximum atomic E-state index is 11.6. The first-order valence-electron chi connectivity index (χ1n) is 6.38. The minimum atomic E-state index is -0.232. The van der Waals surface area contributed by atoms with Crippen LogP contribution in [0.3, 0.4) is 0 Å². The SMILES string of the molecule is CC(=O)Nc1cc2c(cc1NC(C)=O)N(C(C)=O)CC2. The molecule has 0 unspecified atom stereocenters. The summed E-state index contributed by atoms with van der Waals surface area (Å²) in [5, 5.41) is 5.37. The van der Waals surface area contributed by atoms with Crippen molar-refractivity contribution in [1.29, 1.82) is 0 Å². The van der Waals surface area contributed by atoms with E-state index in [0.29, 0.717) is 17.9 Å². The number of carbonyl (C=O) groups excluding carboxylic acids is 3. The van der Waals surface area contributed by atoms with Gasteiger partial charge in [0.1, 0.15) is 0 Å². The summed E-state index contributed by atoms with van der Waals surface area (Å²) in [7, 11) is 0. The van der Waals surface area contributed by atoms with Crippen LogP contribution in [0.4, 0.5) is 17.1 Å². The molecule has 2 rings (SSSR count). The van der Waals surface area contributed by atoms with Crippen molar-refractivity contribution < 1.29 is 14.4 Å². The minimum absolute atomic E-state index is 0.0372. The predicted octanol–water partition coefficient (Wildman–Crippen LogP) is 1.51. The number of hydrogen-bond acceptors (Lipinski definition) is 3. The summed E-state index contributed by atoms with van der Waals surface area (Å²) in [4.78, 5) is 35.7. The number of benzene rings is 1. The van der Waals surface area contributed by atoms with Gasteiger partial charge in [-0.15, -0.1) is 0 Å². The molecule has 0 fully saturated rings. The number of anilines is 3. The van der Waals surface area contributed by atoms with Gasteiger partial charge in [0.2, 0.25) is 17.7 Å². The van der Waals surface area contributed by atoms with Crippen LogP contribution >= 0.6 is 0 Å². The summed E-state index contributed by atoms with van der Waals surface area (Å²) in [5.74, 6) is -0.480. The van der Waals surface area contributed by atoms with Crippen LogP contribution in [0.25, 0.3) is 0 Å². The average molecular weight is 275 g/mol. The molecule has 1 aromatic carbocycles. The summed E-state index contributed by atoms with van der Waals surface area (Å²) < 4.78 is 0. The molecular formula is C14H17N3O3. The molecule has 20 heavy (non-hydrogen) atoms. The first kappa shape index (κ1) is 14.0. The number of carbonyl (C=O) groups is 3. The Morgan fingerprint density at radius 2 is 1.55 bits per heavy atom.